The molecule has 0 heterocycles. The van der Waals surface area contributed by atoms with E-state index < -0.39 is 0 Å². The van der Waals surface area contributed by atoms with E-state index in [1.807, 2.05) is 18.2 Å². The monoisotopic (exact) mass is 463 g/mol. The molecule has 3 amide bonds. The van der Waals surface area contributed by atoms with Crippen molar-refractivity contribution in [2.75, 3.05) is 16.0 Å². The summed E-state index contributed by atoms with van der Waals surface area (Å²) in [6, 6.07) is 28.4. The van der Waals surface area contributed by atoms with E-state index in [1.165, 1.54) is 0 Å². The lowest BCUT2D eigenvalue weighted by atomic mass is 10.1. The summed E-state index contributed by atoms with van der Waals surface area (Å²) in [5, 5.41) is 8.35. The molecule has 0 aliphatic carbocycles. The molecule has 3 N–H and O–H groups in total. The molecule has 7 heteroatoms. The fourth-order valence-corrected chi connectivity index (χ4v) is 3.25. The van der Waals surface area contributed by atoms with Gasteiger partial charge in [-0.15, -0.1) is 0 Å². The fraction of sp³-hybridized carbons (Fsp3) is 0. The van der Waals surface area contributed by atoms with Crippen LogP contribution in [0.5, 0.6) is 0 Å². The highest BCUT2D eigenvalue weighted by Gasteiger charge is 2.11. The topological polar surface area (TPSA) is 104 Å². The zero-order chi connectivity index (χ0) is 24.6. The summed E-state index contributed by atoms with van der Waals surface area (Å²) >= 11 is 0. The number of nitrogens with one attached hydrogen (secondary N) is 3. The summed E-state index contributed by atoms with van der Waals surface area (Å²) in [6.45, 7) is 0. The molecular weight excluding hydrogens is 442 g/mol. The average molecular weight is 463 g/mol. The van der Waals surface area contributed by atoms with Crippen LogP contribution < -0.4 is 16.0 Å². The molecule has 0 bridgehead atoms. The van der Waals surface area contributed by atoms with Crippen molar-refractivity contribution in [3.63, 3.8) is 0 Å². The number of carbonyl (C=O) groups excluding carboxylic acids is 4. The standard InChI is InChI=1S/C28H21N3O4/c32-18-19-6-8-20(9-7-19)26(33)30-24-14-16-25(17-15-24)31-28(35)22-12-10-21(11-13-22)27(34)29-23-4-2-1-3-5-23/h1-18H,(H,29,34)(H,30,33)(H,31,35). The zero-order valence-electron chi connectivity index (χ0n) is 18.5. The van der Waals surface area contributed by atoms with Crippen molar-refractivity contribution < 1.29 is 19.2 Å². The minimum absolute atomic E-state index is 0.263. The highest BCUT2D eigenvalue weighted by Crippen LogP contribution is 2.17. The molecule has 0 aromatic heterocycles. The molecule has 0 saturated heterocycles. The van der Waals surface area contributed by atoms with Crippen LogP contribution in [0.2, 0.25) is 0 Å². The van der Waals surface area contributed by atoms with Gasteiger partial charge in [-0.25, -0.2) is 0 Å². The SMILES string of the molecule is O=Cc1ccc(C(=O)Nc2ccc(NC(=O)c3ccc(C(=O)Nc4ccccc4)cc3)cc2)cc1. The van der Waals surface area contributed by atoms with Gasteiger partial charge >= 0.3 is 0 Å². The Morgan fingerprint density at radius 1 is 0.457 bits per heavy atom. The van der Waals surface area contributed by atoms with Crippen molar-refractivity contribution in [2.45, 2.75) is 0 Å². The Balaban J connectivity index is 1.33. The molecule has 4 aromatic carbocycles. The Kier molecular flexibility index (Phi) is 7.08. The maximum Gasteiger partial charge on any atom is 0.255 e. The third-order valence-electron chi connectivity index (χ3n) is 5.15. The van der Waals surface area contributed by atoms with Gasteiger partial charge in [0.1, 0.15) is 6.29 Å². The van der Waals surface area contributed by atoms with Crippen molar-refractivity contribution in [1.29, 1.82) is 0 Å². The van der Waals surface area contributed by atoms with Crippen LogP contribution in [0, 0.1) is 0 Å². The number of aldehydes is 1. The number of benzene rings is 4. The minimum Gasteiger partial charge on any atom is -0.322 e. The number of para-hydroxylation sites is 1. The number of carbonyl (C=O) groups is 4. The maximum absolute atomic E-state index is 12.6. The van der Waals surface area contributed by atoms with Gasteiger partial charge in [0, 0.05) is 39.3 Å². The van der Waals surface area contributed by atoms with Crippen LogP contribution in [0.25, 0.3) is 0 Å². The smallest absolute Gasteiger partial charge is 0.255 e. The molecule has 0 unspecified atom stereocenters. The highest BCUT2D eigenvalue weighted by molar-refractivity contribution is 6.07. The average Bonchev–Trinajstić information content (AvgIpc) is 2.90. The molecule has 4 aromatic rings. The van der Waals surface area contributed by atoms with E-state index in [0.717, 1.165) is 0 Å². The first kappa shape index (κ1) is 23.1. The summed E-state index contributed by atoms with van der Waals surface area (Å²) in [6.07, 6.45) is 0.714. The van der Waals surface area contributed by atoms with Gasteiger partial charge in [-0.2, -0.15) is 0 Å². The largest absolute Gasteiger partial charge is 0.322 e. The van der Waals surface area contributed by atoms with Gasteiger partial charge in [-0.3, -0.25) is 19.2 Å². The molecule has 172 valence electrons. The first-order valence-electron chi connectivity index (χ1n) is 10.8. The van der Waals surface area contributed by atoms with E-state index in [2.05, 4.69) is 16.0 Å². The lowest BCUT2D eigenvalue weighted by molar-refractivity contribution is 0.101. The van der Waals surface area contributed by atoms with Crippen LogP contribution in [-0.4, -0.2) is 24.0 Å². The first-order valence-corrected chi connectivity index (χ1v) is 10.8. The van der Waals surface area contributed by atoms with Crippen LogP contribution in [0.15, 0.2) is 103 Å². The van der Waals surface area contributed by atoms with E-state index >= 15 is 0 Å². The van der Waals surface area contributed by atoms with E-state index in [0.29, 0.717) is 45.6 Å². The van der Waals surface area contributed by atoms with E-state index in [1.54, 1.807) is 84.9 Å². The second-order valence-electron chi connectivity index (χ2n) is 7.62. The second-order valence-corrected chi connectivity index (χ2v) is 7.62. The van der Waals surface area contributed by atoms with Gasteiger partial charge in [0.05, 0.1) is 0 Å². The van der Waals surface area contributed by atoms with Gasteiger partial charge in [-0.1, -0.05) is 30.3 Å². The number of hydrogen-bond donors (Lipinski definition) is 3. The predicted octanol–water partition coefficient (Wildman–Crippen LogP) is 5.26. The molecular formula is C28H21N3O4. The van der Waals surface area contributed by atoms with Crippen LogP contribution >= 0.6 is 0 Å². The third-order valence-corrected chi connectivity index (χ3v) is 5.15. The van der Waals surface area contributed by atoms with Gasteiger partial charge in [0.25, 0.3) is 17.7 Å². The molecule has 35 heavy (non-hydrogen) atoms. The molecule has 0 radical (unpaired) electrons. The Bertz CT molecular complexity index is 1350. The summed E-state index contributed by atoms with van der Waals surface area (Å²) in [5.41, 5.74) is 3.55. The Morgan fingerprint density at radius 3 is 1.17 bits per heavy atom. The van der Waals surface area contributed by atoms with Gasteiger partial charge in [0.15, 0.2) is 0 Å². The zero-order valence-corrected chi connectivity index (χ0v) is 18.5. The van der Waals surface area contributed by atoms with Crippen molar-refractivity contribution in [2.24, 2.45) is 0 Å². The number of rotatable bonds is 7. The molecule has 0 spiro atoms. The van der Waals surface area contributed by atoms with Crippen LogP contribution in [0.3, 0.4) is 0 Å². The minimum atomic E-state index is -0.327. The van der Waals surface area contributed by atoms with E-state index in [4.69, 9.17) is 0 Å². The highest BCUT2D eigenvalue weighted by atomic mass is 16.2. The number of anilines is 3. The summed E-state index contributed by atoms with van der Waals surface area (Å²) < 4.78 is 0. The van der Waals surface area contributed by atoms with E-state index in [-0.39, 0.29) is 17.7 Å². The second kappa shape index (κ2) is 10.7. The molecule has 0 aliphatic heterocycles. The molecule has 0 atom stereocenters. The molecule has 0 aliphatic rings. The Hall–Kier alpha value is -5.04. The van der Waals surface area contributed by atoms with Crippen LogP contribution in [-0.2, 0) is 0 Å². The van der Waals surface area contributed by atoms with Gasteiger partial charge in [0.2, 0.25) is 0 Å². The summed E-state index contributed by atoms with van der Waals surface area (Å²) in [7, 11) is 0. The fourth-order valence-electron chi connectivity index (χ4n) is 3.25. The molecule has 0 fully saturated rings. The Morgan fingerprint density at radius 2 is 0.800 bits per heavy atom. The first-order chi connectivity index (χ1) is 17.0. The van der Waals surface area contributed by atoms with Crippen molar-refractivity contribution in [1.82, 2.24) is 0 Å². The molecule has 0 saturated carbocycles. The van der Waals surface area contributed by atoms with Gasteiger partial charge in [-0.05, 0) is 72.8 Å². The Labute approximate surface area is 201 Å². The number of amides is 3. The maximum atomic E-state index is 12.6. The predicted molar refractivity (Wildman–Crippen MR) is 135 cm³/mol. The quantitative estimate of drug-likeness (QED) is 0.325. The van der Waals surface area contributed by atoms with Crippen molar-refractivity contribution in [3.8, 4) is 0 Å². The number of hydrogen-bond acceptors (Lipinski definition) is 4. The van der Waals surface area contributed by atoms with Crippen molar-refractivity contribution >= 4 is 41.1 Å². The van der Waals surface area contributed by atoms with Crippen LogP contribution in [0.4, 0.5) is 17.1 Å². The van der Waals surface area contributed by atoms with Crippen LogP contribution in [0.1, 0.15) is 41.4 Å². The summed E-state index contributed by atoms with van der Waals surface area (Å²) in [4.78, 5) is 48.0. The normalized spacial score (nSPS) is 10.2. The lowest BCUT2D eigenvalue weighted by Crippen LogP contribution is -2.14. The molecule has 4 rings (SSSR count). The summed E-state index contributed by atoms with van der Waals surface area (Å²) in [5.74, 6) is -0.900. The van der Waals surface area contributed by atoms with Gasteiger partial charge < -0.3 is 16.0 Å². The van der Waals surface area contributed by atoms with E-state index in [9.17, 15) is 19.2 Å². The third kappa shape index (κ3) is 6.06. The lowest BCUT2D eigenvalue weighted by Gasteiger charge is -2.09. The molecule has 7 nitrogen and oxygen atoms in total. The van der Waals surface area contributed by atoms with Crippen molar-refractivity contribution in [3.05, 3.63) is 125 Å².